The number of ether oxygens (including phenoxy) is 1. The summed E-state index contributed by atoms with van der Waals surface area (Å²) in [6.45, 7) is 1.67. The van der Waals surface area contributed by atoms with Crippen molar-refractivity contribution in [2.24, 2.45) is 0 Å². The lowest BCUT2D eigenvalue weighted by molar-refractivity contribution is -0.121. The van der Waals surface area contributed by atoms with Crippen LogP contribution in [0.25, 0.3) is 21.8 Å². The van der Waals surface area contributed by atoms with Crippen LogP contribution in [0, 0.1) is 0 Å². The van der Waals surface area contributed by atoms with Gasteiger partial charge in [0.2, 0.25) is 0 Å². The zero-order valence-corrected chi connectivity index (χ0v) is 18.0. The maximum atomic E-state index is 12.5. The van der Waals surface area contributed by atoms with E-state index in [9.17, 15) is 4.79 Å². The van der Waals surface area contributed by atoms with E-state index in [-0.39, 0.29) is 12.5 Å². The van der Waals surface area contributed by atoms with Crippen LogP contribution in [0.15, 0.2) is 47.8 Å². The van der Waals surface area contributed by atoms with Crippen LogP contribution in [0.5, 0.6) is 5.75 Å². The lowest BCUT2D eigenvalue weighted by atomic mass is 10.1. The van der Waals surface area contributed by atoms with Crippen molar-refractivity contribution in [2.45, 2.75) is 6.42 Å². The Morgan fingerprint density at radius 1 is 1.24 bits per heavy atom. The summed E-state index contributed by atoms with van der Waals surface area (Å²) < 4.78 is 5.64. The third-order valence-electron chi connectivity index (χ3n) is 4.79. The van der Waals surface area contributed by atoms with E-state index in [2.05, 4.69) is 4.90 Å². The number of nitrogens with zero attached hydrogens (tertiary/aromatic N) is 3. The van der Waals surface area contributed by atoms with Crippen LogP contribution in [-0.4, -0.2) is 49.6 Å². The highest BCUT2D eigenvalue weighted by molar-refractivity contribution is 7.13. The van der Waals surface area contributed by atoms with Gasteiger partial charge in [0.15, 0.2) is 6.61 Å². The Morgan fingerprint density at radius 2 is 2.07 bits per heavy atom. The molecule has 0 saturated heterocycles. The number of anilines is 1. The second-order valence-corrected chi connectivity index (χ2v) is 8.46. The molecule has 1 amide bonds. The second-order valence-electron chi connectivity index (χ2n) is 7.19. The van der Waals surface area contributed by atoms with E-state index in [1.54, 1.807) is 11.3 Å². The third kappa shape index (κ3) is 4.29. The molecule has 1 aliphatic rings. The molecule has 1 aromatic heterocycles. The molecule has 0 fully saturated rings. The van der Waals surface area contributed by atoms with Crippen LogP contribution in [0.4, 0.5) is 5.69 Å². The van der Waals surface area contributed by atoms with Gasteiger partial charge >= 0.3 is 0 Å². The molecular formula is C22H22ClN3O2S. The molecule has 4 rings (SSSR count). The Morgan fingerprint density at radius 3 is 2.86 bits per heavy atom. The number of hydrogen-bond donors (Lipinski definition) is 0. The third-order valence-corrected chi connectivity index (χ3v) is 6.00. The Kier molecular flexibility index (Phi) is 5.85. The first-order chi connectivity index (χ1) is 14.0. The summed E-state index contributed by atoms with van der Waals surface area (Å²) in [7, 11) is 4.07. The molecule has 0 spiro atoms. The van der Waals surface area contributed by atoms with Crippen molar-refractivity contribution in [2.75, 3.05) is 38.7 Å². The van der Waals surface area contributed by atoms with Gasteiger partial charge in [-0.25, -0.2) is 4.98 Å². The van der Waals surface area contributed by atoms with Crippen LogP contribution in [0.2, 0.25) is 5.02 Å². The van der Waals surface area contributed by atoms with Gasteiger partial charge in [-0.15, -0.1) is 11.3 Å². The fraction of sp³-hybridized carbons (Fsp3) is 0.273. The average molecular weight is 428 g/mol. The average Bonchev–Trinajstić information content (AvgIpc) is 3.19. The van der Waals surface area contributed by atoms with E-state index in [0.29, 0.717) is 11.6 Å². The lowest BCUT2D eigenvalue weighted by Crippen LogP contribution is -2.40. The highest BCUT2D eigenvalue weighted by Gasteiger charge is 2.26. The predicted octanol–water partition coefficient (Wildman–Crippen LogP) is 4.81. The summed E-state index contributed by atoms with van der Waals surface area (Å²) in [6.07, 6.45) is 0.899. The van der Waals surface area contributed by atoms with Gasteiger partial charge in [-0.1, -0.05) is 29.8 Å². The molecule has 5 nitrogen and oxygen atoms in total. The number of aromatic nitrogens is 1. The molecule has 29 heavy (non-hydrogen) atoms. The zero-order chi connectivity index (χ0) is 20.4. The van der Waals surface area contributed by atoms with Crippen molar-refractivity contribution in [3.8, 4) is 27.6 Å². The Balaban J connectivity index is 1.63. The molecule has 1 aliphatic heterocycles. The fourth-order valence-electron chi connectivity index (χ4n) is 3.32. The van der Waals surface area contributed by atoms with E-state index in [4.69, 9.17) is 21.3 Å². The second kappa shape index (κ2) is 8.53. The number of carbonyl (C=O) groups excluding carboxylic acids is 1. The quantitative estimate of drug-likeness (QED) is 0.566. The topological polar surface area (TPSA) is 45.7 Å². The molecule has 0 atom stereocenters. The highest BCUT2D eigenvalue weighted by atomic mass is 35.5. The monoisotopic (exact) mass is 427 g/mol. The SMILES string of the molecule is CN(C)CCCN1C(=O)COc2ccc(-c3csc(-c4ccccc4Cl)n3)cc21. The summed E-state index contributed by atoms with van der Waals surface area (Å²) in [5.74, 6) is 0.725. The molecule has 0 N–H and O–H groups in total. The van der Waals surface area contributed by atoms with E-state index < -0.39 is 0 Å². The van der Waals surface area contributed by atoms with Gasteiger partial charge in [-0.05, 0) is 51.3 Å². The molecule has 150 valence electrons. The number of benzene rings is 2. The molecule has 0 aliphatic carbocycles. The lowest BCUT2D eigenvalue weighted by Gasteiger charge is -2.30. The number of amides is 1. The van der Waals surface area contributed by atoms with E-state index in [1.165, 1.54) is 0 Å². The minimum Gasteiger partial charge on any atom is -0.482 e. The molecule has 7 heteroatoms. The van der Waals surface area contributed by atoms with Gasteiger partial charge in [0.25, 0.3) is 5.91 Å². The number of halogens is 1. The molecule has 0 unspecified atom stereocenters. The highest BCUT2D eigenvalue weighted by Crippen LogP contribution is 2.38. The molecule has 2 aromatic carbocycles. The van der Waals surface area contributed by atoms with Gasteiger partial charge in [0, 0.05) is 23.1 Å². The maximum Gasteiger partial charge on any atom is 0.265 e. The summed E-state index contributed by atoms with van der Waals surface area (Å²) >= 11 is 7.87. The van der Waals surface area contributed by atoms with E-state index in [1.807, 2.05) is 66.8 Å². The van der Waals surface area contributed by atoms with E-state index >= 15 is 0 Å². The Bertz CT molecular complexity index is 1030. The first kappa shape index (κ1) is 19.9. The number of fused-ring (bicyclic) bond motifs is 1. The number of carbonyl (C=O) groups is 1. The van der Waals surface area contributed by atoms with Crippen LogP contribution < -0.4 is 9.64 Å². The summed E-state index contributed by atoms with van der Waals surface area (Å²) in [5, 5.41) is 3.57. The summed E-state index contributed by atoms with van der Waals surface area (Å²) in [4.78, 5) is 21.2. The summed E-state index contributed by atoms with van der Waals surface area (Å²) in [6, 6.07) is 13.6. The molecule has 0 saturated carbocycles. The minimum atomic E-state index is -0.0107. The molecular weight excluding hydrogens is 406 g/mol. The largest absolute Gasteiger partial charge is 0.482 e. The Hall–Kier alpha value is -2.41. The number of thiazole rings is 1. The van der Waals surface area contributed by atoms with Crippen molar-refractivity contribution >= 4 is 34.5 Å². The number of hydrogen-bond acceptors (Lipinski definition) is 5. The van der Waals surface area contributed by atoms with Gasteiger partial charge < -0.3 is 14.5 Å². The van der Waals surface area contributed by atoms with Gasteiger partial charge in [-0.2, -0.15) is 0 Å². The Labute approximate surface area is 179 Å². The molecule has 0 bridgehead atoms. The van der Waals surface area contributed by atoms with Gasteiger partial charge in [-0.3, -0.25) is 4.79 Å². The number of rotatable bonds is 6. The van der Waals surface area contributed by atoms with E-state index in [0.717, 1.165) is 46.2 Å². The van der Waals surface area contributed by atoms with Crippen molar-refractivity contribution in [3.05, 3.63) is 52.9 Å². The predicted molar refractivity (Wildman–Crippen MR) is 119 cm³/mol. The first-order valence-electron chi connectivity index (χ1n) is 9.45. The normalized spacial score (nSPS) is 13.5. The fourth-order valence-corrected chi connectivity index (χ4v) is 4.47. The van der Waals surface area contributed by atoms with Gasteiger partial charge in [0.05, 0.1) is 16.4 Å². The standard InChI is InChI=1S/C22H22ClN3O2S/c1-25(2)10-5-11-26-19-12-15(8-9-20(19)28-13-21(26)27)18-14-29-22(24-18)16-6-3-4-7-17(16)23/h3-4,6-9,12,14H,5,10-11,13H2,1-2H3. The van der Waals surface area contributed by atoms with Gasteiger partial charge in [0.1, 0.15) is 10.8 Å². The summed E-state index contributed by atoms with van der Waals surface area (Å²) in [5.41, 5.74) is 3.55. The maximum absolute atomic E-state index is 12.5. The molecule has 2 heterocycles. The van der Waals surface area contributed by atoms with Crippen molar-refractivity contribution in [3.63, 3.8) is 0 Å². The first-order valence-corrected chi connectivity index (χ1v) is 10.7. The smallest absolute Gasteiger partial charge is 0.265 e. The van der Waals surface area contributed by atoms with Crippen molar-refractivity contribution in [1.82, 2.24) is 9.88 Å². The van der Waals surface area contributed by atoms with Crippen LogP contribution in [-0.2, 0) is 4.79 Å². The van der Waals surface area contributed by atoms with Crippen LogP contribution in [0.1, 0.15) is 6.42 Å². The van der Waals surface area contributed by atoms with Crippen LogP contribution in [0.3, 0.4) is 0 Å². The van der Waals surface area contributed by atoms with Crippen molar-refractivity contribution in [1.29, 1.82) is 0 Å². The minimum absolute atomic E-state index is 0.0107. The molecule has 0 radical (unpaired) electrons. The van der Waals surface area contributed by atoms with Crippen molar-refractivity contribution < 1.29 is 9.53 Å². The van der Waals surface area contributed by atoms with Crippen LogP contribution >= 0.6 is 22.9 Å². The molecule has 3 aromatic rings. The zero-order valence-electron chi connectivity index (χ0n) is 16.4.